The molecule has 1 rings (SSSR count). The summed E-state index contributed by atoms with van der Waals surface area (Å²) in [5.74, 6) is 0.848. The summed E-state index contributed by atoms with van der Waals surface area (Å²) < 4.78 is 22.0. The summed E-state index contributed by atoms with van der Waals surface area (Å²) >= 11 is 1.53. The van der Waals surface area contributed by atoms with Crippen molar-refractivity contribution in [3.63, 3.8) is 0 Å². The molecule has 0 bridgehead atoms. The second-order valence-corrected chi connectivity index (χ2v) is 7.01. The van der Waals surface area contributed by atoms with E-state index in [1.807, 2.05) is 25.3 Å². The lowest BCUT2D eigenvalue weighted by molar-refractivity contribution is 0.595. The van der Waals surface area contributed by atoms with Gasteiger partial charge in [-0.15, -0.1) is 22.0 Å². The number of anilines is 1. The largest absolute Gasteiger partial charge is 0.366 e. The van der Waals surface area contributed by atoms with Crippen molar-refractivity contribution in [2.45, 2.75) is 24.4 Å². The van der Waals surface area contributed by atoms with Crippen LogP contribution in [0.4, 0.5) is 5.82 Å². The first-order chi connectivity index (χ1) is 7.90. The Balaban J connectivity index is 2.47. The Kier molecular flexibility index (Phi) is 5.20. The van der Waals surface area contributed by atoms with Crippen molar-refractivity contribution in [1.82, 2.24) is 10.2 Å². The van der Waals surface area contributed by atoms with Gasteiger partial charge in [-0.2, -0.15) is 0 Å². The van der Waals surface area contributed by atoms with Crippen LogP contribution in [0.3, 0.4) is 0 Å². The molecular formula is C10H17N3O2S2. The average molecular weight is 275 g/mol. The molecule has 0 aliphatic rings. The maximum atomic E-state index is 11.0. The number of aromatic nitrogens is 2. The van der Waals surface area contributed by atoms with Gasteiger partial charge in [-0.3, -0.25) is 0 Å². The molecule has 1 unspecified atom stereocenters. The molecule has 0 radical (unpaired) electrons. The molecule has 1 aromatic rings. The number of rotatable bonds is 6. The molecule has 1 heterocycles. The molecular weight excluding hydrogens is 258 g/mol. The Bertz CT molecular complexity index is 445. The Morgan fingerprint density at radius 3 is 2.59 bits per heavy atom. The molecule has 0 fully saturated rings. The molecule has 0 saturated heterocycles. The normalized spacial score (nSPS) is 13.4. The first kappa shape index (κ1) is 14.2. The number of hydrogen-bond acceptors (Lipinski definition) is 6. The zero-order valence-corrected chi connectivity index (χ0v) is 11.8. The van der Waals surface area contributed by atoms with E-state index in [1.54, 1.807) is 0 Å². The van der Waals surface area contributed by atoms with Crippen molar-refractivity contribution in [3.8, 4) is 0 Å². The zero-order valence-electron chi connectivity index (χ0n) is 10.2. The lowest BCUT2D eigenvalue weighted by atomic mass is 10.2. The van der Waals surface area contributed by atoms with Crippen LogP contribution >= 0.6 is 11.8 Å². The van der Waals surface area contributed by atoms with Gasteiger partial charge in [0.05, 0.1) is 5.75 Å². The van der Waals surface area contributed by atoms with E-state index in [2.05, 4.69) is 15.5 Å². The standard InChI is InChI=1S/C10H17N3O2S2/c1-8(6-7-17(3,14)15)11-9-4-5-10(16-2)13-12-9/h4-5,8H,6-7H2,1-3H3,(H,11,12). The number of nitrogens with one attached hydrogen (secondary N) is 1. The maximum absolute atomic E-state index is 11.0. The summed E-state index contributed by atoms with van der Waals surface area (Å²) in [6.45, 7) is 1.93. The van der Waals surface area contributed by atoms with Crippen LogP contribution in [-0.2, 0) is 9.84 Å². The van der Waals surface area contributed by atoms with E-state index in [0.29, 0.717) is 12.2 Å². The van der Waals surface area contributed by atoms with Crippen molar-refractivity contribution in [2.75, 3.05) is 23.6 Å². The fourth-order valence-electron chi connectivity index (χ4n) is 1.22. The van der Waals surface area contributed by atoms with Crippen molar-refractivity contribution < 1.29 is 8.42 Å². The molecule has 0 spiro atoms. The lowest BCUT2D eigenvalue weighted by Crippen LogP contribution is -2.20. The molecule has 1 atom stereocenters. The Labute approximate surface area is 106 Å². The van der Waals surface area contributed by atoms with Gasteiger partial charge < -0.3 is 5.32 Å². The number of sulfone groups is 1. The number of thioether (sulfide) groups is 1. The highest BCUT2D eigenvalue weighted by Gasteiger charge is 2.08. The SMILES string of the molecule is CSc1ccc(NC(C)CCS(C)(=O)=O)nn1. The summed E-state index contributed by atoms with van der Waals surface area (Å²) in [6.07, 6.45) is 3.74. The van der Waals surface area contributed by atoms with Crippen molar-refractivity contribution in [2.24, 2.45) is 0 Å². The molecule has 0 saturated carbocycles. The van der Waals surface area contributed by atoms with Crippen LogP contribution in [0.2, 0.25) is 0 Å². The predicted molar refractivity (Wildman–Crippen MR) is 71.2 cm³/mol. The van der Waals surface area contributed by atoms with E-state index in [4.69, 9.17) is 0 Å². The third-order valence-electron chi connectivity index (χ3n) is 2.17. The molecule has 0 aliphatic heterocycles. The molecule has 5 nitrogen and oxygen atoms in total. The second-order valence-electron chi connectivity index (χ2n) is 3.92. The third kappa shape index (κ3) is 5.88. The fraction of sp³-hybridized carbons (Fsp3) is 0.600. The topological polar surface area (TPSA) is 72.0 Å². The van der Waals surface area contributed by atoms with E-state index in [1.165, 1.54) is 18.0 Å². The van der Waals surface area contributed by atoms with Crippen LogP contribution in [0.15, 0.2) is 17.2 Å². The second kappa shape index (κ2) is 6.20. The van der Waals surface area contributed by atoms with Crippen LogP contribution in [0.1, 0.15) is 13.3 Å². The van der Waals surface area contributed by atoms with Gasteiger partial charge in [0, 0.05) is 12.3 Å². The fourth-order valence-corrected chi connectivity index (χ4v) is 2.33. The van der Waals surface area contributed by atoms with E-state index >= 15 is 0 Å². The first-order valence-corrected chi connectivity index (χ1v) is 8.51. The molecule has 0 aliphatic carbocycles. The highest BCUT2D eigenvalue weighted by atomic mass is 32.2. The van der Waals surface area contributed by atoms with Crippen molar-refractivity contribution in [1.29, 1.82) is 0 Å². The number of hydrogen-bond donors (Lipinski definition) is 1. The molecule has 1 N–H and O–H groups in total. The van der Waals surface area contributed by atoms with E-state index in [-0.39, 0.29) is 11.8 Å². The van der Waals surface area contributed by atoms with Gasteiger partial charge in [0.15, 0.2) is 0 Å². The maximum Gasteiger partial charge on any atom is 0.148 e. The summed E-state index contributed by atoms with van der Waals surface area (Å²) in [5.41, 5.74) is 0. The van der Waals surface area contributed by atoms with Gasteiger partial charge in [-0.1, -0.05) is 0 Å². The summed E-state index contributed by atoms with van der Waals surface area (Å²) in [7, 11) is -2.90. The highest BCUT2D eigenvalue weighted by molar-refractivity contribution is 7.98. The minimum atomic E-state index is -2.90. The third-order valence-corrected chi connectivity index (χ3v) is 3.78. The lowest BCUT2D eigenvalue weighted by Gasteiger charge is -2.13. The van der Waals surface area contributed by atoms with Gasteiger partial charge in [0.2, 0.25) is 0 Å². The van der Waals surface area contributed by atoms with Crippen LogP contribution in [-0.4, -0.2) is 42.9 Å². The molecule has 0 amide bonds. The van der Waals surface area contributed by atoms with Crippen LogP contribution in [0.5, 0.6) is 0 Å². The molecule has 1 aromatic heterocycles. The monoisotopic (exact) mass is 275 g/mol. The zero-order chi connectivity index (χ0) is 12.9. The van der Waals surface area contributed by atoms with Gasteiger partial charge >= 0.3 is 0 Å². The van der Waals surface area contributed by atoms with Crippen LogP contribution < -0.4 is 5.32 Å². The highest BCUT2D eigenvalue weighted by Crippen LogP contribution is 2.12. The van der Waals surface area contributed by atoms with Crippen LogP contribution in [0.25, 0.3) is 0 Å². The quantitative estimate of drug-likeness (QED) is 0.792. The smallest absolute Gasteiger partial charge is 0.148 e. The van der Waals surface area contributed by atoms with Crippen molar-refractivity contribution >= 4 is 27.4 Å². The average Bonchev–Trinajstić information content (AvgIpc) is 2.27. The van der Waals surface area contributed by atoms with E-state index in [9.17, 15) is 8.42 Å². The molecule has 96 valence electrons. The Morgan fingerprint density at radius 1 is 1.41 bits per heavy atom. The Morgan fingerprint density at radius 2 is 2.12 bits per heavy atom. The molecule has 7 heteroatoms. The van der Waals surface area contributed by atoms with Crippen molar-refractivity contribution in [3.05, 3.63) is 12.1 Å². The van der Waals surface area contributed by atoms with Gasteiger partial charge in [0.25, 0.3) is 0 Å². The minimum Gasteiger partial charge on any atom is -0.366 e. The minimum absolute atomic E-state index is 0.0548. The van der Waals surface area contributed by atoms with Crippen LogP contribution in [0, 0.1) is 0 Å². The van der Waals surface area contributed by atoms with E-state index < -0.39 is 9.84 Å². The summed E-state index contributed by atoms with van der Waals surface area (Å²) in [5, 5.41) is 12.0. The molecule has 17 heavy (non-hydrogen) atoms. The molecule has 0 aromatic carbocycles. The summed E-state index contributed by atoms with van der Waals surface area (Å²) in [6, 6.07) is 3.78. The first-order valence-electron chi connectivity index (χ1n) is 5.22. The van der Waals surface area contributed by atoms with Gasteiger partial charge in [-0.05, 0) is 31.7 Å². The predicted octanol–water partition coefficient (Wildman–Crippen LogP) is 1.43. The Hall–Kier alpha value is -0.820. The van der Waals surface area contributed by atoms with Gasteiger partial charge in [-0.25, -0.2) is 8.42 Å². The van der Waals surface area contributed by atoms with E-state index in [0.717, 1.165) is 5.03 Å². The van der Waals surface area contributed by atoms with Gasteiger partial charge in [0.1, 0.15) is 20.7 Å². The summed E-state index contributed by atoms with van der Waals surface area (Å²) in [4.78, 5) is 0. The number of nitrogens with zero attached hydrogens (tertiary/aromatic N) is 2.